The maximum absolute atomic E-state index is 13.5. The molecule has 0 heterocycles. The second-order valence-corrected chi connectivity index (χ2v) is 4.58. The molecule has 0 aromatic heterocycles. The zero-order chi connectivity index (χ0) is 14.3. The highest BCUT2D eigenvalue weighted by Gasteiger charge is 2.07. The van der Waals surface area contributed by atoms with Crippen molar-refractivity contribution in [2.75, 3.05) is 6.61 Å². The number of amides is 1. The first-order valence-corrected chi connectivity index (χ1v) is 6.39. The molecule has 0 saturated heterocycles. The maximum atomic E-state index is 13.5. The first kappa shape index (κ1) is 15.4. The van der Waals surface area contributed by atoms with Gasteiger partial charge in [-0.1, -0.05) is 18.2 Å². The number of benzene rings is 1. The molecular weight excluding hydrogens is 245 g/mol. The lowest BCUT2D eigenvalue weighted by Gasteiger charge is -2.12. The highest BCUT2D eigenvalue weighted by atomic mass is 19.1. The highest BCUT2D eigenvalue weighted by molar-refractivity contribution is 5.95. The van der Waals surface area contributed by atoms with Crippen LogP contribution in [0.4, 0.5) is 4.39 Å². The molecule has 19 heavy (non-hydrogen) atoms. The van der Waals surface area contributed by atoms with Crippen LogP contribution in [0.2, 0.25) is 0 Å². The SMILES string of the molecule is C/C(=C/C(=O)NC(C)CCCO)c1ccccc1F. The summed E-state index contributed by atoms with van der Waals surface area (Å²) < 4.78 is 13.5. The summed E-state index contributed by atoms with van der Waals surface area (Å²) >= 11 is 0. The summed E-state index contributed by atoms with van der Waals surface area (Å²) in [5.41, 5.74) is 1.02. The Labute approximate surface area is 113 Å². The summed E-state index contributed by atoms with van der Waals surface area (Å²) in [6.45, 7) is 3.69. The summed E-state index contributed by atoms with van der Waals surface area (Å²) in [5.74, 6) is -0.580. The van der Waals surface area contributed by atoms with E-state index in [9.17, 15) is 9.18 Å². The molecule has 104 valence electrons. The zero-order valence-electron chi connectivity index (χ0n) is 11.3. The molecule has 0 bridgehead atoms. The van der Waals surface area contributed by atoms with E-state index in [1.165, 1.54) is 12.1 Å². The molecule has 4 heteroatoms. The number of rotatable bonds is 6. The number of aliphatic hydroxyl groups excluding tert-OH is 1. The minimum atomic E-state index is -0.336. The van der Waals surface area contributed by atoms with Gasteiger partial charge in [0, 0.05) is 24.3 Å². The van der Waals surface area contributed by atoms with Crippen LogP contribution in [-0.4, -0.2) is 23.7 Å². The van der Waals surface area contributed by atoms with Crippen LogP contribution in [0.15, 0.2) is 30.3 Å². The van der Waals surface area contributed by atoms with Crippen LogP contribution >= 0.6 is 0 Å². The van der Waals surface area contributed by atoms with E-state index >= 15 is 0 Å². The van der Waals surface area contributed by atoms with Crippen molar-refractivity contribution in [1.29, 1.82) is 0 Å². The Morgan fingerprint density at radius 1 is 1.47 bits per heavy atom. The predicted octanol–water partition coefficient (Wildman–Crippen LogP) is 2.51. The standard InChI is InChI=1S/C15H20FNO2/c1-11(13-7-3-4-8-14(13)16)10-15(19)17-12(2)6-5-9-18/h3-4,7-8,10,12,18H,5-6,9H2,1-2H3,(H,17,19)/b11-10-. The van der Waals surface area contributed by atoms with E-state index in [0.29, 0.717) is 17.6 Å². The number of hydrogen-bond acceptors (Lipinski definition) is 2. The van der Waals surface area contributed by atoms with Crippen molar-refractivity contribution >= 4 is 11.5 Å². The van der Waals surface area contributed by atoms with Gasteiger partial charge in [0.1, 0.15) is 5.82 Å². The minimum absolute atomic E-state index is 0.00989. The first-order chi connectivity index (χ1) is 9.04. The minimum Gasteiger partial charge on any atom is -0.396 e. The third-order valence-corrected chi connectivity index (χ3v) is 2.83. The molecule has 0 fully saturated rings. The predicted molar refractivity (Wildman–Crippen MR) is 74.0 cm³/mol. The molecule has 0 saturated carbocycles. The summed E-state index contributed by atoms with van der Waals surface area (Å²) in [4.78, 5) is 11.7. The van der Waals surface area contributed by atoms with Crippen LogP contribution in [0.25, 0.3) is 5.57 Å². The average molecular weight is 265 g/mol. The van der Waals surface area contributed by atoms with Gasteiger partial charge in [0.05, 0.1) is 0 Å². The number of carbonyl (C=O) groups is 1. The fourth-order valence-corrected chi connectivity index (χ4v) is 1.81. The molecule has 1 atom stereocenters. The molecule has 0 aliphatic carbocycles. The third-order valence-electron chi connectivity index (χ3n) is 2.83. The van der Waals surface area contributed by atoms with Crippen LogP contribution in [-0.2, 0) is 4.79 Å². The normalized spacial score (nSPS) is 13.2. The van der Waals surface area contributed by atoms with Gasteiger partial charge in [0.2, 0.25) is 5.91 Å². The van der Waals surface area contributed by atoms with Crippen LogP contribution in [0, 0.1) is 5.82 Å². The third kappa shape index (κ3) is 5.22. The Hall–Kier alpha value is -1.68. The molecule has 0 radical (unpaired) electrons. The van der Waals surface area contributed by atoms with Gasteiger partial charge in [-0.3, -0.25) is 4.79 Å². The Morgan fingerprint density at radius 3 is 2.79 bits per heavy atom. The average Bonchev–Trinajstić information content (AvgIpc) is 2.36. The molecule has 2 N–H and O–H groups in total. The van der Waals surface area contributed by atoms with E-state index in [-0.39, 0.29) is 24.4 Å². The molecule has 1 aromatic carbocycles. The van der Waals surface area contributed by atoms with Crippen molar-refractivity contribution in [3.8, 4) is 0 Å². The van der Waals surface area contributed by atoms with E-state index in [2.05, 4.69) is 5.32 Å². The monoisotopic (exact) mass is 265 g/mol. The molecular formula is C15H20FNO2. The van der Waals surface area contributed by atoms with Gasteiger partial charge in [0.15, 0.2) is 0 Å². The first-order valence-electron chi connectivity index (χ1n) is 6.39. The smallest absolute Gasteiger partial charge is 0.244 e. The van der Waals surface area contributed by atoms with Gasteiger partial charge >= 0.3 is 0 Å². The summed E-state index contributed by atoms with van der Waals surface area (Å²) in [6, 6.07) is 6.35. The molecule has 3 nitrogen and oxygen atoms in total. The van der Waals surface area contributed by atoms with Crippen LogP contribution < -0.4 is 5.32 Å². The highest BCUT2D eigenvalue weighted by Crippen LogP contribution is 2.16. The second-order valence-electron chi connectivity index (χ2n) is 4.58. The fraction of sp³-hybridized carbons (Fsp3) is 0.400. The largest absolute Gasteiger partial charge is 0.396 e. The summed E-state index contributed by atoms with van der Waals surface area (Å²) in [5, 5.41) is 11.5. The number of hydrogen-bond donors (Lipinski definition) is 2. The Balaban J connectivity index is 2.64. The topological polar surface area (TPSA) is 49.3 Å². The van der Waals surface area contributed by atoms with Gasteiger partial charge in [-0.2, -0.15) is 0 Å². The molecule has 0 aliphatic rings. The quantitative estimate of drug-likeness (QED) is 0.776. The van der Waals surface area contributed by atoms with E-state index in [0.717, 1.165) is 6.42 Å². The number of allylic oxidation sites excluding steroid dienone is 1. The fourth-order valence-electron chi connectivity index (χ4n) is 1.81. The van der Waals surface area contributed by atoms with Crippen molar-refractivity contribution in [3.63, 3.8) is 0 Å². The molecule has 1 unspecified atom stereocenters. The van der Waals surface area contributed by atoms with Crippen molar-refractivity contribution in [2.45, 2.75) is 32.7 Å². The Morgan fingerprint density at radius 2 is 2.16 bits per heavy atom. The Bertz CT molecular complexity index is 457. The number of carbonyl (C=O) groups excluding carboxylic acids is 1. The number of halogens is 1. The van der Waals surface area contributed by atoms with Crippen molar-refractivity contribution in [1.82, 2.24) is 5.32 Å². The van der Waals surface area contributed by atoms with Crippen LogP contribution in [0.5, 0.6) is 0 Å². The van der Waals surface area contributed by atoms with Crippen molar-refractivity contribution in [3.05, 3.63) is 41.7 Å². The van der Waals surface area contributed by atoms with E-state index in [4.69, 9.17) is 5.11 Å². The van der Waals surface area contributed by atoms with E-state index < -0.39 is 0 Å². The van der Waals surface area contributed by atoms with Gasteiger partial charge in [-0.15, -0.1) is 0 Å². The summed E-state index contributed by atoms with van der Waals surface area (Å²) in [7, 11) is 0. The maximum Gasteiger partial charge on any atom is 0.244 e. The lowest BCUT2D eigenvalue weighted by atomic mass is 10.1. The van der Waals surface area contributed by atoms with Crippen LogP contribution in [0.3, 0.4) is 0 Å². The van der Waals surface area contributed by atoms with Gasteiger partial charge in [-0.05, 0) is 38.3 Å². The molecule has 0 spiro atoms. The molecule has 0 aliphatic heterocycles. The van der Waals surface area contributed by atoms with Gasteiger partial charge in [-0.25, -0.2) is 4.39 Å². The van der Waals surface area contributed by atoms with Gasteiger partial charge < -0.3 is 10.4 Å². The number of nitrogens with one attached hydrogen (secondary N) is 1. The zero-order valence-corrected chi connectivity index (χ0v) is 11.3. The molecule has 1 rings (SSSR count). The van der Waals surface area contributed by atoms with E-state index in [1.54, 1.807) is 25.1 Å². The number of aliphatic hydroxyl groups is 1. The molecule has 1 amide bonds. The lowest BCUT2D eigenvalue weighted by Crippen LogP contribution is -2.31. The second kappa shape index (κ2) is 7.69. The lowest BCUT2D eigenvalue weighted by molar-refractivity contribution is -0.117. The van der Waals surface area contributed by atoms with Crippen molar-refractivity contribution in [2.24, 2.45) is 0 Å². The van der Waals surface area contributed by atoms with Gasteiger partial charge in [0.25, 0.3) is 0 Å². The summed E-state index contributed by atoms with van der Waals surface area (Å²) in [6.07, 6.45) is 2.76. The Kier molecular flexibility index (Phi) is 6.22. The van der Waals surface area contributed by atoms with E-state index in [1.807, 2.05) is 6.92 Å². The molecule has 1 aromatic rings. The van der Waals surface area contributed by atoms with Crippen LogP contribution in [0.1, 0.15) is 32.3 Å². The van der Waals surface area contributed by atoms with Crippen molar-refractivity contribution < 1.29 is 14.3 Å².